The molecular formula is C19H30N4O3. The van der Waals surface area contributed by atoms with Gasteiger partial charge in [-0.1, -0.05) is 26.0 Å². The van der Waals surface area contributed by atoms with E-state index in [1.54, 1.807) is 19.2 Å². The highest BCUT2D eigenvalue weighted by molar-refractivity contribution is 5.93. The van der Waals surface area contributed by atoms with Crippen molar-refractivity contribution >= 4 is 11.9 Å². The summed E-state index contributed by atoms with van der Waals surface area (Å²) in [6.45, 7) is 8.70. The third kappa shape index (κ3) is 6.00. The van der Waals surface area contributed by atoms with Crippen LogP contribution in [0, 0.1) is 5.92 Å². The molecule has 26 heavy (non-hydrogen) atoms. The van der Waals surface area contributed by atoms with Crippen molar-refractivity contribution in [1.29, 1.82) is 0 Å². The lowest BCUT2D eigenvalue weighted by Gasteiger charge is -2.36. The smallest absolute Gasteiger partial charge is 0.315 e. The fraction of sp³-hybridized carbons (Fsp3) is 0.579. The van der Waals surface area contributed by atoms with E-state index in [0.29, 0.717) is 30.6 Å². The van der Waals surface area contributed by atoms with Crippen LogP contribution in [0.2, 0.25) is 0 Å². The van der Waals surface area contributed by atoms with Crippen LogP contribution in [-0.4, -0.2) is 62.8 Å². The van der Waals surface area contributed by atoms with Crippen LogP contribution in [0.5, 0.6) is 0 Å². The molecule has 3 N–H and O–H groups in total. The second-order valence-corrected chi connectivity index (χ2v) is 6.80. The monoisotopic (exact) mass is 362 g/mol. The number of urea groups is 1. The van der Waals surface area contributed by atoms with Crippen molar-refractivity contribution in [2.24, 2.45) is 5.92 Å². The third-order valence-corrected chi connectivity index (χ3v) is 4.65. The van der Waals surface area contributed by atoms with Gasteiger partial charge < -0.3 is 20.7 Å². The third-order valence-electron chi connectivity index (χ3n) is 4.65. The molecule has 1 saturated heterocycles. The molecule has 2 rings (SSSR count). The van der Waals surface area contributed by atoms with Gasteiger partial charge in [-0.3, -0.25) is 9.69 Å². The maximum atomic E-state index is 12.1. The molecule has 144 valence electrons. The molecule has 1 aliphatic rings. The second-order valence-electron chi connectivity index (χ2n) is 6.80. The number of ether oxygens (including phenoxy) is 1. The molecule has 7 heteroatoms. The van der Waals surface area contributed by atoms with Crippen molar-refractivity contribution in [2.45, 2.75) is 26.4 Å². The molecule has 0 radical (unpaired) electrons. The fourth-order valence-corrected chi connectivity index (χ4v) is 3.06. The van der Waals surface area contributed by atoms with E-state index < -0.39 is 0 Å². The van der Waals surface area contributed by atoms with Gasteiger partial charge in [0.05, 0.1) is 13.2 Å². The molecule has 0 aromatic heterocycles. The van der Waals surface area contributed by atoms with Crippen LogP contribution in [0.15, 0.2) is 24.3 Å². The van der Waals surface area contributed by atoms with E-state index in [1.807, 2.05) is 12.1 Å². The molecule has 1 heterocycles. The molecule has 0 spiro atoms. The van der Waals surface area contributed by atoms with Crippen LogP contribution in [0.3, 0.4) is 0 Å². The number of carbonyl (C=O) groups is 2. The Morgan fingerprint density at radius 3 is 2.35 bits per heavy atom. The average Bonchev–Trinajstić information content (AvgIpc) is 2.67. The first-order chi connectivity index (χ1) is 12.5. The number of benzene rings is 1. The minimum absolute atomic E-state index is 0.120. The van der Waals surface area contributed by atoms with E-state index >= 15 is 0 Å². The summed E-state index contributed by atoms with van der Waals surface area (Å²) in [5, 5.41) is 8.42. The summed E-state index contributed by atoms with van der Waals surface area (Å²) in [5.74, 6) is 0.329. The molecule has 1 aliphatic heterocycles. The molecular weight excluding hydrogens is 332 g/mol. The molecule has 7 nitrogen and oxygen atoms in total. The summed E-state index contributed by atoms with van der Waals surface area (Å²) in [6.07, 6.45) is 0. The largest absolute Gasteiger partial charge is 0.379 e. The van der Waals surface area contributed by atoms with Crippen LogP contribution < -0.4 is 16.0 Å². The maximum absolute atomic E-state index is 12.1. The molecule has 1 atom stereocenters. The molecule has 3 amide bonds. The first kappa shape index (κ1) is 20.2. The number of hydrogen-bond acceptors (Lipinski definition) is 4. The normalized spacial score (nSPS) is 16.2. The Kier molecular flexibility index (Phi) is 7.87. The zero-order valence-corrected chi connectivity index (χ0v) is 15.9. The van der Waals surface area contributed by atoms with Gasteiger partial charge in [0.2, 0.25) is 0 Å². The van der Waals surface area contributed by atoms with Crippen molar-refractivity contribution in [3.8, 4) is 0 Å². The molecule has 0 saturated carbocycles. The average molecular weight is 362 g/mol. The molecule has 0 aliphatic carbocycles. The SMILES string of the molecule is CNC(=O)c1ccc(CNC(=O)NC[C@@H](C(C)C)N2CCOCC2)cc1. The Balaban J connectivity index is 1.77. The summed E-state index contributed by atoms with van der Waals surface area (Å²) in [5.41, 5.74) is 1.55. The van der Waals surface area contributed by atoms with Crippen LogP contribution >= 0.6 is 0 Å². The van der Waals surface area contributed by atoms with Crippen LogP contribution in [0.1, 0.15) is 29.8 Å². The van der Waals surface area contributed by atoms with Gasteiger partial charge in [-0.05, 0) is 23.6 Å². The number of amides is 3. The molecule has 0 bridgehead atoms. The zero-order valence-electron chi connectivity index (χ0n) is 15.9. The predicted molar refractivity (Wildman–Crippen MR) is 101 cm³/mol. The summed E-state index contributed by atoms with van der Waals surface area (Å²) in [7, 11) is 1.60. The number of carbonyl (C=O) groups excluding carboxylic acids is 2. The highest BCUT2D eigenvalue weighted by atomic mass is 16.5. The topological polar surface area (TPSA) is 82.7 Å². The molecule has 0 unspecified atom stereocenters. The summed E-state index contributed by atoms with van der Waals surface area (Å²) >= 11 is 0. The summed E-state index contributed by atoms with van der Waals surface area (Å²) < 4.78 is 5.41. The number of rotatable bonds is 7. The number of nitrogens with zero attached hydrogens (tertiary/aromatic N) is 1. The number of nitrogens with one attached hydrogen (secondary N) is 3. The lowest BCUT2D eigenvalue weighted by molar-refractivity contribution is 0.00719. The van der Waals surface area contributed by atoms with Gasteiger partial charge in [0.1, 0.15) is 0 Å². The van der Waals surface area contributed by atoms with Crippen molar-refractivity contribution in [3.63, 3.8) is 0 Å². The van der Waals surface area contributed by atoms with E-state index in [9.17, 15) is 9.59 Å². The molecule has 1 fully saturated rings. The van der Waals surface area contributed by atoms with Gasteiger partial charge in [-0.25, -0.2) is 4.79 Å². The Bertz CT molecular complexity index is 583. The van der Waals surface area contributed by atoms with Crippen molar-refractivity contribution in [2.75, 3.05) is 39.9 Å². The summed E-state index contributed by atoms with van der Waals surface area (Å²) in [4.78, 5) is 26.0. The van der Waals surface area contributed by atoms with Gasteiger partial charge in [-0.2, -0.15) is 0 Å². The Morgan fingerprint density at radius 2 is 1.77 bits per heavy atom. The Morgan fingerprint density at radius 1 is 1.12 bits per heavy atom. The first-order valence-electron chi connectivity index (χ1n) is 9.15. The fourth-order valence-electron chi connectivity index (χ4n) is 3.06. The molecule has 1 aromatic carbocycles. The summed E-state index contributed by atoms with van der Waals surface area (Å²) in [6, 6.07) is 7.31. The van der Waals surface area contributed by atoms with Gasteiger partial charge >= 0.3 is 6.03 Å². The van der Waals surface area contributed by atoms with E-state index in [-0.39, 0.29) is 11.9 Å². The number of hydrogen-bond donors (Lipinski definition) is 3. The highest BCUT2D eigenvalue weighted by Crippen LogP contribution is 2.12. The number of morpholine rings is 1. The minimum atomic E-state index is -0.181. The highest BCUT2D eigenvalue weighted by Gasteiger charge is 2.24. The van der Waals surface area contributed by atoms with Crippen molar-refractivity contribution in [1.82, 2.24) is 20.9 Å². The van der Waals surface area contributed by atoms with Crippen molar-refractivity contribution < 1.29 is 14.3 Å². The van der Waals surface area contributed by atoms with Gasteiger partial charge in [0.15, 0.2) is 0 Å². The van der Waals surface area contributed by atoms with Gasteiger partial charge in [-0.15, -0.1) is 0 Å². The molecule has 1 aromatic rings. The minimum Gasteiger partial charge on any atom is -0.379 e. The quantitative estimate of drug-likeness (QED) is 0.681. The van der Waals surface area contributed by atoms with E-state index in [0.717, 1.165) is 31.9 Å². The van der Waals surface area contributed by atoms with E-state index in [4.69, 9.17) is 4.74 Å². The standard InChI is InChI=1S/C19H30N4O3/c1-14(2)17(23-8-10-26-11-9-23)13-22-19(25)21-12-15-4-6-16(7-5-15)18(24)20-3/h4-7,14,17H,8-13H2,1-3H3,(H,20,24)(H2,21,22,25)/t17-/m0/s1. The van der Waals surface area contributed by atoms with Gasteiger partial charge in [0, 0.05) is 44.8 Å². The van der Waals surface area contributed by atoms with E-state index in [1.165, 1.54) is 0 Å². The Labute approximate surface area is 155 Å². The maximum Gasteiger partial charge on any atom is 0.315 e. The predicted octanol–water partition coefficient (Wildman–Crippen LogP) is 1.20. The van der Waals surface area contributed by atoms with E-state index in [2.05, 4.69) is 34.7 Å². The first-order valence-corrected chi connectivity index (χ1v) is 9.15. The van der Waals surface area contributed by atoms with Crippen molar-refractivity contribution in [3.05, 3.63) is 35.4 Å². The Hall–Kier alpha value is -2.12. The lowest BCUT2D eigenvalue weighted by atomic mass is 10.0. The van der Waals surface area contributed by atoms with Gasteiger partial charge in [0.25, 0.3) is 5.91 Å². The zero-order chi connectivity index (χ0) is 18.9. The van der Waals surface area contributed by atoms with Crippen LogP contribution in [-0.2, 0) is 11.3 Å². The van der Waals surface area contributed by atoms with Crippen LogP contribution in [0.4, 0.5) is 4.79 Å². The van der Waals surface area contributed by atoms with Crippen LogP contribution in [0.25, 0.3) is 0 Å². The second kappa shape index (κ2) is 10.1. The lowest BCUT2D eigenvalue weighted by Crippen LogP contribution is -2.52.